The zero-order chi connectivity index (χ0) is 15.8. The Labute approximate surface area is 134 Å². The zero-order valence-corrected chi connectivity index (χ0v) is 14.6. The van der Waals surface area contributed by atoms with Crippen molar-refractivity contribution in [3.63, 3.8) is 0 Å². The van der Waals surface area contributed by atoms with Crippen LogP contribution in [0.25, 0.3) is 0 Å². The summed E-state index contributed by atoms with van der Waals surface area (Å²) in [4.78, 5) is 0. The minimum atomic E-state index is -0.455. The van der Waals surface area contributed by atoms with Gasteiger partial charge < -0.3 is 18.9 Å². The first-order valence-electron chi connectivity index (χ1n) is 9.07. The normalized spacial score (nSPS) is 37.9. The number of fused-ring (bicyclic) bond motifs is 2. The van der Waals surface area contributed by atoms with Crippen molar-refractivity contribution in [2.75, 3.05) is 13.2 Å². The Morgan fingerprint density at radius 1 is 1.05 bits per heavy atom. The summed E-state index contributed by atoms with van der Waals surface area (Å²) >= 11 is 0. The van der Waals surface area contributed by atoms with Crippen LogP contribution in [-0.4, -0.2) is 37.0 Å². The van der Waals surface area contributed by atoms with Crippen LogP contribution in [0.2, 0.25) is 0 Å². The molecule has 128 valence electrons. The number of hydrogen-bond acceptors (Lipinski definition) is 4. The van der Waals surface area contributed by atoms with Gasteiger partial charge in [0, 0.05) is 12.3 Å². The Bertz CT molecular complexity index is 375. The van der Waals surface area contributed by atoms with Crippen molar-refractivity contribution in [3.8, 4) is 0 Å². The van der Waals surface area contributed by atoms with Gasteiger partial charge in [-0.25, -0.2) is 0 Å². The topological polar surface area (TPSA) is 36.9 Å². The summed E-state index contributed by atoms with van der Waals surface area (Å²) in [5.74, 6) is -0.0442. The molecular weight excluding hydrogens is 280 g/mol. The lowest BCUT2D eigenvalue weighted by atomic mass is 9.79. The van der Waals surface area contributed by atoms with E-state index in [1.54, 1.807) is 0 Å². The van der Waals surface area contributed by atoms with E-state index in [1.807, 2.05) is 13.8 Å². The summed E-state index contributed by atoms with van der Waals surface area (Å²) in [6.45, 7) is 10.1. The molecule has 4 atom stereocenters. The molecule has 0 radical (unpaired) electrons. The molecule has 0 N–H and O–H groups in total. The van der Waals surface area contributed by atoms with E-state index in [0.717, 1.165) is 38.9 Å². The molecule has 4 nitrogen and oxygen atoms in total. The van der Waals surface area contributed by atoms with Crippen LogP contribution in [-0.2, 0) is 18.9 Å². The first-order valence-corrected chi connectivity index (χ1v) is 9.07. The third-order valence-corrected chi connectivity index (χ3v) is 5.52. The molecule has 3 rings (SSSR count). The minimum absolute atomic E-state index is 0.279. The Morgan fingerprint density at radius 3 is 2.45 bits per heavy atom. The van der Waals surface area contributed by atoms with E-state index >= 15 is 0 Å². The fourth-order valence-corrected chi connectivity index (χ4v) is 4.59. The van der Waals surface area contributed by atoms with E-state index < -0.39 is 11.6 Å². The van der Waals surface area contributed by atoms with Crippen molar-refractivity contribution in [3.05, 3.63) is 0 Å². The zero-order valence-electron chi connectivity index (χ0n) is 14.6. The number of rotatable bonds is 5. The smallest absolute Gasteiger partial charge is 0.168 e. The summed E-state index contributed by atoms with van der Waals surface area (Å²) in [6.07, 6.45) is 7.26. The molecule has 0 amide bonds. The van der Waals surface area contributed by atoms with Gasteiger partial charge in [-0.1, -0.05) is 19.8 Å². The van der Waals surface area contributed by atoms with E-state index in [0.29, 0.717) is 17.9 Å². The second-order valence-corrected chi connectivity index (χ2v) is 7.75. The van der Waals surface area contributed by atoms with Crippen molar-refractivity contribution in [2.24, 2.45) is 11.8 Å². The van der Waals surface area contributed by atoms with Crippen LogP contribution in [0.4, 0.5) is 0 Å². The van der Waals surface area contributed by atoms with Crippen LogP contribution in [0, 0.1) is 11.8 Å². The van der Waals surface area contributed by atoms with Gasteiger partial charge in [-0.05, 0) is 46.0 Å². The highest BCUT2D eigenvalue weighted by Gasteiger charge is 2.53. The third-order valence-electron chi connectivity index (χ3n) is 5.52. The first kappa shape index (κ1) is 16.7. The highest BCUT2D eigenvalue weighted by Crippen LogP contribution is 2.49. The molecule has 3 fully saturated rings. The summed E-state index contributed by atoms with van der Waals surface area (Å²) in [5.41, 5.74) is 0. The fraction of sp³-hybridized carbons (Fsp3) is 1.00. The van der Waals surface area contributed by atoms with E-state index in [2.05, 4.69) is 13.8 Å². The molecule has 0 aromatic rings. The summed E-state index contributed by atoms with van der Waals surface area (Å²) in [7, 11) is 0. The van der Waals surface area contributed by atoms with E-state index in [9.17, 15) is 0 Å². The van der Waals surface area contributed by atoms with Crippen molar-refractivity contribution >= 4 is 0 Å². The van der Waals surface area contributed by atoms with Gasteiger partial charge in [0.15, 0.2) is 11.6 Å². The van der Waals surface area contributed by atoms with Gasteiger partial charge >= 0.3 is 0 Å². The fourth-order valence-electron chi connectivity index (χ4n) is 4.59. The predicted octanol–water partition coefficient (Wildman–Crippen LogP) is 3.88. The maximum absolute atomic E-state index is 6.24. The number of unbranched alkanes of at least 4 members (excludes halogenated alkanes) is 1. The molecule has 22 heavy (non-hydrogen) atoms. The predicted molar refractivity (Wildman–Crippen MR) is 84.5 cm³/mol. The molecule has 2 heterocycles. The van der Waals surface area contributed by atoms with Gasteiger partial charge in [-0.3, -0.25) is 0 Å². The lowest BCUT2D eigenvalue weighted by molar-refractivity contribution is -0.307. The van der Waals surface area contributed by atoms with Gasteiger partial charge in [-0.15, -0.1) is 0 Å². The molecule has 0 aromatic heterocycles. The monoisotopic (exact) mass is 312 g/mol. The molecule has 0 spiro atoms. The Morgan fingerprint density at radius 2 is 1.77 bits per heavy atom. The molecule has 4 heteroatoms. The maximum Gasteiger partial charge on any atom is 0.168 e. The molecule has 3 aliphatic rings. The second kappa shape index (κ2) is 6.39. The van der Waals surface area contributed by atoms with Crippen molar-refractivity contribution in [2.45, 2.75) is 90.0 Å². The second-order valence-electron chi connectivity index (χ2n) is 7.75. The molecule has 2 aliphatic heterocycles. The largest absolute Gasteiger partial charge is 0.350 e. The Balaban J connectivity index is 1.77. The van der Waals surface area contributed by atoms with Gasteiger partial charge in [0.25, 0.3) is 0 Å². The third kappa shape index (κ3) is 3.35. The van der Waals surface area contributed by atoms with Crippen LogP contribution >= 0.6 is 0 Å². The molecule has 2 bridgehead atoms. The number of ether oxygens (including phenoxy) is 4. The van der Waals surface area contributed by atoms with Gasteiger partial charge in [0.2, 0.25) is 0 Å². The highest BCUT2D eigenvalue weighted by atomic mass is 16.7. The highest BCUT2D eigenvalue weighted by molar-refractivity contribution is 4.97. The van der Waals surface area contributed by atoms with Crippen LogP contribution < -0.4 is 0 Å². The first-order chi connectivity index (χ1) is 10.4. The van der Waals surface area contributed by atoms with Crippen molar-refractivity contribution in [1.29, 1.82) is 0 Å². The average molecular weight is 312 g/mol. The molecule has 0 aromatic carbocycles. The van der Waals surface area contributed by atoms with Crippen LogP contribution in [0.15, 0.2) is 0 Å². The lowest BCUT2D eigenvalue weighted by Crippen LogP contribution is -2.49. The lowest BCUT2D eigenvalue weighted by Gasteiger charge is -2.44. The van der Waals surface area contributed by atoms with Crippen molar-refractivity contribution < 1.29 is 18.9 Å². The molecular formula is C18H32O4. The average Bonchev–Trinajstić information content (AvgIpc) is 2.74. The van der Waals surface area contributed by atoms with E-state index in [1.165, 1.54) is 12.8 Å². The molecule has 1 saturated carbocycles. The van der Waals surface area contributed by atoms with Crippen LogP contribution in [0.3, 0.4) is 0 Å². The summed E-state index contributed by atoms with van der Waals surface area (Å²) < 4.78 is 24.5. The SMILES string of the molecule is CCCCC(C1CC2CC1OC(C)(C)O2)C1(C)OCCCO1. The van der Waals surface area contributed by atoms with Gasteiger partial charge in [0.1, 0.15) is 0 Å². The van der Waals surface area contributed by atoms with Crippen LogP contribution in [0.5, 0.6) is 0 Å². The number of hydrogen-bond donors (Lipinski definition) is 0. The van der Waals surface area contributed by atoms with Crippen molar-refractivity contribution in [1.82, 2.24) is 0 Å². The quantitative estimate of drug-likeness (QED) is 0.772. The summed E-state index contributed by atoms with van der Waals surface area (Å²) in [6, 6.07) is 0. The van der Waals surface area contributed by atoms with Gasteiger partial charge in [-0.2, -0.15) is 0 Å². The molecule has 1 aliphatic carbocycles. The van der Waals surface area contributed by atoms with Crippen LogP contribution in [0.1, 0.15) is 66.2 Å². The summed E-state index contributed by atoms with van der Waals surface area (Å²) in [5, 5.41) is 0. The molecule has 4 unspecified atom stereocenters. The van der Waals surface area contributed by atoms with E-state index in [4.69, 9.17) is 18.9 Å². The minimum Gasteiger partial charge on any atom is -0.350 e. The Hall–Kier alpha value is -0.160. The molecule has 2 saturated heterocycles. The standard InChI is InChI=1S/C18H32O4/c1-5-6-8-15(18(4)19-9-7-10-20-18)14-11-13-12-16(14)22-17(2,3)21-13/h13-16H,5-12H2,1-4H3. The maximum atomic E-state index is 6.24. The van der Waals surface area contributed by atoms with E-state index in [-0.39, 0.29) is 6.10 Å². The van der Waals surface area contributed by atoms with Gasteiger partial charge in [0.05, 0.1) is 25.4 Å². The Kier molecular flexibility index (Phi) is 4.84.